The van der Waals surface area contributed by atoms with Crippen molar-refractivity contribution >= 4 is 0 Å². The monoisotopic (exact) mass is 301 g/mol. The second kappa shape index (κ2) is 15.1. The molecule has 0 heterocycles. The van der Waals surface area contributed by atoms with Crippen LogP contribution in [0.4, 0.5) is 0 Å². The lowest BCUT2D eigenvalue weighted by Crippen LogP contribution is -1.86. The van der Waals surface area contributed by atoms with Crippen molar-refractivity contribution in [3.05, 3.63) is 42.8 Å². The summed E-state index contributed by atoms with van der Waals surface area (Å²) in [7, 11) is 0. The highest BCUT2D eigenvalue weighted by Crippen LogP contribution is 2.13. The van der Waals surface area contributed by atoms with Gasteiger partial charge in [-0.25, -0.2) is 0 Å². The zero-order valence-electron chi connectivity index (χ0n) is 14.7. The van der Waals surface area contributed by atoms with Gasteiger partial charge in [0.1, 0.15) is 0 Å². The SMILES string of the molecule is [CH2]CCCCCCCCCCCCCCCc1ccccc1. The Kier molecular flexibility index (Phi) is 13.2. The summed E-state index contributed by atoms with van der Waals surface area (Å²) >= 11 is 0. The third kappa shape index (κ3) is 11.8. The third-order valence-corrected chi connectivity index (χ3v) is 4.56. The van der Waals surface area contributed by atoms with Crippen molar-refractivity contribution in [2.75, 3.05) is 0 Å². The van der Waals surface area contributed by atoms with E-state index < -0.39 is 0 Å². The molecule has 0 nitrogen and oxygen atoms in total. The van der Waals surface area contributed by atoms with E-state index in [0.717, 1.165) is 6.42 Å². The fraction of sp³-hybridized carbons (Fsp3) is 0.682. The quantitative estimate of drug-likeness (QED) is 0.294. The van der Waals surface area contributed by atoms with E-state index in [1.54, 1.807) is 0 Å². The Labute approximate surface area is 139 Å². The van der Waals surface area contributed by atoms with E-state index in [1.165, 1.54) is 95.5 Å². The van der Waals surface area contributed by atoms with E-state index in [4.69, 9.17) is 0 Å². The van der Waals surface area contributed by atoms with E-state index in [1.807, 2.05) is 0 Å². The Bertz CT molecular complexity index is 314. The molecule has 1 radical (unpaired) electrons. The Morgan fingerprint density at radius 3 is 1.36 bits per heavy atom. The van der Waals surface area contributed by atoms with Crippen LogP contribution in [-0.4, -0.2) is 0 Å². The summed E-state index contributed by atoms with van der Waals surface area (Å²) in [6.45, 7) is 3.90. The van der Waals surface area contributed by atoms with Crippen molar-refractivity contribution in [3.8, 4) is 0 Å². The molecule has 1 rings (SSSR count). The van der Waals surface area contributed by atoms with Crippen molar-refractivity contribution < 1.29 is 0 Å². The molecule has 0 fully saturated rings. The fourth-order valence-corrected chi connectivity index (χ4v) is 3.10. The van der Waals surface area contributed by atoms with Crippen LogP contribution in [0.15, 0.2) is 30.3 Å². The van der Waals surface area contributed by atoms with Gasteiger partial charge in [-0.15, -0.1) is 0 Å². The highest BCUT2D eigenvalue weighted by atomic mass is 14.0. The molecular weight excluding hydrogens is 264 g/mol. The second-order valence-corrected chi connectivity index (χ2v) is 6.69. The Balaban J connectivity index is 1.73. The summed E-state index contributed by atoms with van der Waals surface area (Å²) in [4.78, 5) is 0. The zero-order chi connectivity index (χ0) is 15.7. The molecule has 0 aliphatic rings. The summed E-state index contributed by atoms with van der Waals surface area (Å²) in [5.74, 6) is 0. The smallest absolute Gasteiger partial charge is 0.0279 e. The second-order valence-electron chi connectivity index (χ2n) is 6.69. The molecule has 0 amide bonds. The molecule has 125 valence electrons. The van der Waals surface area contributed by atoms with Crippen LogP contribution in [0.5, 0.6) is 0 Å². The minimum absolute atomic E-state index is 1.12. The van der Waals surface area contributed by atoms with Gasteiger partial charge in [0.2, 0.25) is 0 Å². The van der Waals surface area contributed by atoms with Gasteiger partial charge in [0.05, 0.1) is 0 Å². The topological polar surface area (TPSA) is 0 Å². The molecule has 22 heavy (non-hydrogen) atoms. The van der Waals surface area contributed by atoms with Gasteiger partial charge in [-0.1, -0.05) is 121 Å². The molecule has 0 spiro atoms. The Hall–Kier alpha value is -0.780. The lowest BCUT2D eigenvalue weighted by Gasteiger charge is -2.03. The summed E-state index contributed by atoms with van der Waals surface area (Å²) in [5.41, 5.74) is 1.50. The molecule has 0 aliphatic carbocycles. The van der Waals surface area contributed by atoms with Gasteiger partial charge in [0.25, 0.3) is 0 Å². The molecule has 0 heteroatoms. The number of unbranched alkanes of at least 4 members (excludes halogenated alkanes) is 13. The molecule has 0 atom stereocenters. The summed E-state index contributed by atoms with van der Waals surface area (Å²) in [5, 5.41) is 0. The van der Waals surface area contributed by atoms with Gasteiger partial charge in [-0.2, -0.15) is 0 Å². The predicted octanol–water partition coefficient (Wildman–Crippen LogP) is 7.52. The first-order valence-corrected chi connectivity index (χ1v) is 9.76. The minimum Gasteiger partial charge on any atom is -0.0622 e. The highest BCUT2D eigenvalue weighted by molar-refractivity contribution is 5.14. The van der Waals surface area contributed by atoms with Gasteiger partial charge in [-0.3, -0.25) is 0 Å². The lowest BCUT2D eigenvalue weighted by atomic mass is 10.0. The van der Waals surface area contributed by atoms with Gasteiger partial charge >= 0.3 is 0 Å². The number of hydrogen-bond acceptors (Lipinski definition) is 0. The van der Waals surface area contributed by atoms with Crippen molar-refractivity contribution in [1.29, 1.82) is 0 Å². The summed E-state index contributed by atoms with van der Waals surface area (Å²) in [6, 6.07) is 10.9. The molecule has 1 aromatic carbocycles. The predicted molar refractivity (Wildman–Crippen MR) is 100 cm³/mol. The molecule has 0 N–H and O–H groups in total. The van der Waals surface area contributed by atoms with Crippen LogP contribution in [-0.2, 0) is 6.42 Å². The Morgan fingerprint density at radius 1 is 0.500 bits per heavy atom. The molecule has 0 unspecified atom stereocenters. The van der Waals surface area contributed by atoms with Crippen LogP contribution in [0.2, 0.25) is 0 Å². The first-order valence-electron chi connectivity index (χ1n) is 9.76. The molecule has 0 saturated heterocycles. The average Bonchev–Trinajstić information content (AvgIpc) is 2.56. The van der Waals surface area contributed by atoms with Crippen molar-refractivity contribution in [2.24, 2.45) is 0 Å². The van der Waals surface area contributed by atoms with Crippen LogP contribution >= 0.6 is 0 Å². The van der Waals surface area contributed by atoms with E-state index in [2.05, 4.69) is 37.3 Å². The number of aryl methyl sites for hydroxylation is 1. The molecule has 0 saturated carbocycles. The van der Waals surface area contributed by atoms with Crippen LogP contribution < -0.4 is 0 Å². The zero-order valence-corrected chi connectivity index (χ0v) is 14.7. The van der Waals surface area contributed by atoms with Crippen LogP contribution in [0, 0.1) is 6.92 Å². The molecule has 0 aliphatic heterocycles. The maximum absolute atomic E-state index is 3.90. The normalized spacial score (nSPS) is 11.0. The van der Waals surface area contributed by atoms with Crippen molar-refractivity contribution in [2.45, 2.75) is 96.3 Å². The van der Waals surface area contributed by atoms with Gasteiger partial charge in [0.15, 0.2) is 0 Å². The van der Waals surface area contributed by atoms with Crippen molar-refractivity contribution in [3.63, 3.8) is 0 Å². The van der Waals surface area contributed by atoms with Crippen LogP contribution in [0.1, 0.15) is 95.5 Å². The van der Waals surface area contributed by atoms with Gasteiger partial charge in [0, 0.05) is 0 Å². The summed E-state index contributed by atoms with van der Waals surface area (Å²) in [6.07, 6.45) is 20.9. The fourth-order valence-electron chi connectivity index (χ4n) is 3.10. The average molecular weight is 302 g/mol. The van der Waals surface area contributed by atoms with E-state index in [-0.39, 0.29) is 0 Å². The van der Waals surface area contributed by atoms with Crippen molar-refractivity contribution in [1.82, 2.24) is 0 Å². The Morgan fingerprint density at radius 2 is 0.909 bits per heavy atom. The molecule has 0 bridgehead atoms. The maximum Gasteiger partial charge on any atom is -0.0279 e. The summed E-state index contributed by atoms with van der Waals surface area (Å²) < 4.78 is 0. The minimum atomic E-state index is 1.12. The van der Waals surface area contributed by atoms with Gasteiger partial charge in [-0.05, 0) is 18.4 Å². The standard InChI is InChI=1S/C22H37/c1-2-3-4-5-6-7-8-9-10-11-12-13-14-16-19-22-20-17-15-18-21-22/h15,17-18,20-21H,1-14,16,19H2. The number of rotatable bonds is 15. The molecular formula is C22H37. The first kappa shape index (κ1) is 19.3. The van der Waals surface area contributed by atoms with E-state index in [9.17, 15) is 0 Å². The van der Waals surface area contributed by atoms with Crippen LogP contribution in [0.3, 0.4) is 0 Å². The largest absolute Gasteiger partial charge is 0.0622 e. The molecule has 1 aromatic rings. The van der Waals surface area contributed by atoms with E-state index >= 15 is 0 Å². The van der Waals surface area contributed by atoms with Gasteiger partial charge < -0.3 is 0 Å². The number of hydrogen-bond donors (Lipinski definition) is 0. The third-order valence-electron chi connectivity index (χ3n) is 4.56. The molecule has 0 aromatic heterocycles. The maximum atomic E-state index is 3.90. The lowest BCUT2D eigenvalue weighted by molar-refractivity contribution is 0.537. The first-order chi connectivity index (χ1) is 10.9. The van der Waals surface area contributed by atoms with E-state index in [0.29, 0.717) is 0 Å². The highest BCUT2D eigenvalue weighted by Gasteiger charge is 1.95. The number of benzene rings is 1. The van der Waals surface area contributed by atoms with Crippen LogP contribution in [0.25, 0.3) is 0 Å².